The van der Waals surface area contributed by atoms with Crippen LogP contribution in [0.15, 0.2) is 91.1 Å². The molecule has 42 heavy (non-hydrogen) atoms. The number of anilines is 2. The minimum Gasteiger partial charge on any atom is -0.489 e. The molecule has 2 amide bonds. The highest BCUT2D eigenvalue weighted by atomic mass is 35.5. The van der Waals surface area contributed by atoms with E-state index in [-0.39, 0.29) is 36.5 Å². The zero-order chi connectivity index (χ0) is 27.7. The van der Waals surface area contributed by atoms with Gasteiger partial charge in [0.1, 0.15) is 30.0 Å². The number of pyridine rings is 1. The average molecular weight is 630 g/mol. The molecule has 8 nitrogen and oxygen atoms in total. The van der Waals surface area contributed by atoms with Crippen molar-refractivity contribution in [3.05, 3.63) is 113 Å². The number of amides is 2. The minimum absolute atomic E-state index is 0. The summed E-state index contributed by atoms with van der Waals surface area (Å²) in [5, 5.41) is 9.40. The van der Waals surface area contributed by atoms with Gasteiger partial charge in [0.05, 0.1) is 21.8 Å². The first-order valence-electron chi connectivity index (χ1n) is 13.1. The molecule has 0 atom stereocenters. The fourth-order valence-electron chi connectivity index (χ4n) is 4.32. The van der Waals surface area contributed by atoms with Gasteiger partial charge in [0.15, 0.2) is 0 Å². The number of piperidine rings is 1. The Kier molecular flexibility index (Phi) is 12.4. The number of aromatic nitrogens is 1. The van der Waals surface area contributed by atoms with Crippen molar-refractivity contribution in [1.82, 2.24) is 10.3 Å². The highest BCUT2D eigenvalue weighted by Crippen LogP contribution is 2.29. The molecule has 1 saturated heterocycles. The zero-order valence-corrected chi connectivity index (χ0v) is 24.9. The van der Waals surface area contributed by atoms with Crippen molar-refractivity contribution in [2.75, 3.05) is 23.7 Å². The summed E-state index contributed by atoms with van der Waals surface area (Å²) in [4.78, 5) is 30.7. The molecule has 0 radical (unpaired) electrons. The van der Waals surface area contributed by atoms with E-state index in [1.54, 1.807) is 54.6 Å². The summed E-state index contributed by atoms with van der Waals surface area (Å²) >= 11 is 5.89. The third kappa shape index (κ3) is 8.84. The van der Waals surface area contributed by atoms with E-state index >= 15 is 0 Å². The topological polar surface area (TPSA) is 102 Å². The quantitative estimate of drug-likeness (QED) is 0.188. The maximum atomic E-state index is 13.5. The van der Waals surface area contributed by atoms with Gasteiger partial charge < -0.3 is 25.4 Å². The molecule has 0 aliphatic carbocycles. The van der Waals surface area contributed by atoms with E-state index in [0.717, 1.165) is 31.5 Å². The normalized spacial score (nSPS) is 12.7. The number of hydrogen-bond acceptors (Lipinski definition) is 6. The van der Waals surface area contributed by atoms with Gasteiger partial charge in [0, 0.05) is 12.3 Å². The van der Waals surface area contributed by atoms with Gasteiger partial charge in [0.2, 0.25) is 0 Å². The number of nitrogens with one attached hydrogen (secondary N) is 3. The first-order valence-corrected chi connectivity index (χ1v) is 13.4. The molecule has 1 aromatic heterocycles. The molecule has 1 aliphatic heterocycles. The Bertz CT molecular complexity index is 1470. The minimum atomic E-state index is -0.415. The number of nitrogens with zero attached hydrogens (tertiary/aromatic N) is 1. The molecule has 0 bridgehead atoms. The molecule has 3 aromatic carbocycles. The van der Waals surface area contributed by atoms with Gasteiger partial charge in [-0.15, -0.1) is 24.8 Å². The highest BCUT2D eigenvalue weighted by molar-refractivity contribution is 6.30. The SMILES string of the molecule is Cl.Cl.O=C(Nc1ccc(Cl)cn1)c1ccccc1NC(=O)c1ccc(OCc2ccccc2)cc1OC1CCNCC1. The largest absolute Gasteiger partial charge is 0.489 e. The highest BCUT2D eigenvalue weighted by Gasteiger charge is 2.22. The van der Waals surface area contributed by atoms with Gasteiger partial charge in [-0.2, -0.15) is 0 Å². The Morgan fingerprint density at radius 3 is 2.31 bits per heavy atom. The molecule has 1 fully saturated rings. The van der Waals surface area contributed by atoms with E-state index in [0.29, 0.717) is 40.2 Å². The lowest BCUT2D eigenvalue weighted by molar-refractivity contribution is 0.101. The van der Waals surface area contributed by atoms with Gasteiger partial charge in [-0.05, 0) is 67.9 Å². The molecule has 5 rings (SSSR count). The summed E-state index contributed by atoms with van der Waals surface area (Å²) in [5.74, 6) is 0.561. The maximum absolute atomic E-state index is 13.5. The Morgan fingerprint density at radius 1 is 0.857 bits per heavy atom. The second-order valence-corrected chi connectivity index (χ2v) is 9.75. The van der Waals surface area contributed by atoms with E-state index in [1.807, 2.05) is 30.3 Å². The monoisotopic (exact) mass is 628 g/mol. The Labute approximate surface area is 262 Å². The molecular formula is C31H31Cl3N4O4. The molecule has 0 saturated carbocycles. The lowest BCUT2D eigenvalue weighted by Gasteiger charge is -2.25. The summed E-state index contributed by atoms with van der Waals surface area (Å²) in [5.41, 5.74) is 2.03. The van der Waals surface area contributed by atoms with Gasteiger partial charge >= 0.3 is 0 Å². The molecule has 0 spiro atoms. The van der Waals surface area contributed by atoms with Crippen LogP contribution in [-0.4, -0.2) is 36.0 Å². The predicted molar refractivity (Wildman–Crippen MR) is 170 cm³/mol. The van der Waals surface area contributed by atoms with Gasteiger partial charge in [-0.1, -0.05) is 54.1 Å². The second-order valence-electron chi connectivity index (χ2n) is 9.31. The van der Waals surface area contributed by atoms with E-state index < -0.39 is 11.8 Å². The van der Waals surface area contributed by atoms with Crippen LogP contribution in [-0.2, 0) is 6.61 Å². The van der Waals surface area contributed by atoms with Gasteiger partial charge in [0.25, 0.3) is 11.8 Å². The first-order chi connectivity index (χ1) is 19.5. The third-order valence-corrected chi connectivity index (χ3v) is 6.64. The number of halogens is 3. The second kappa shape index (κ2) is 16.0. The molecule has 4 aromatic rings. The van der Waals surface area contributed by atoms with Crippen molar-refractivity contribution in [1.29, 1.82) is 0 Å². The first kappa shape index (κ1) is 32.7. The number of para-hydroxylation sites is 1. The van der Waals surface area contributed by atoms with Crippen LogP contribution in [0.3, 0.4) is 0 Å². The van der Waals surface area contributed by atoms with Crippen molar-refractivity contribution < 1.29 is 19.1 Å². The summed E-state index contributed by atoms with van der Waals surface area (Å²) in [7, 11) is 0. The van der Waals surface area contributed by atoms with Crippen molar-refractivity contribution in [2.24, 2.45) is 0 Å². The van der Waals surface area contributed by atoms with Crippen molar-refractivity contribution in [3.63, 3.8) is 0 Å². The molecule has 1 aliphatic rings. The zero-order valence-electron chi connectivity index (χ0n) is 22.5. The maximum Gasteiger partial charge on any atom is 0.259 e. The standard InChI is InChI=1S/C31H29ClN4O4.2ClH/c32-22-10-13-29(34-19-22)36-30(37)25-8-4-5-9-27(25)35-31(38)26-12-11-24(39-20-21-6-2-1-3-7-21)18-28(26)40-23-14-16-33-17-15-23;;/h1-13,18-19,23,33H,14-17,20H2,(H,35,38)(H,34,36,37);2*1H. The molecule has 220 valence electrons. The lowest BCUT2D eigenvalue weighted by atomic mass is 10.1. The van der Waals surface area contributed by atoms with Crippen LogP contribution in [0.5, 0.6) is 11.5 Å². The Hall–Kier alpha value is -3.82. The predicted octanol–water partition coefficient (Wildman–Crippen LogP) is 6.79. The van der Waals surface area contributed by atoms with E-state index in [9.17, 15) is 9.59 Å². The summed E-state index contributed by atoms with van der Waals surface area (Å²) in [6, 6.07) is 25.1. The summed E-state index contributed by atoms with van der Waals surface area (Å²) < 4.78 is 12.3. The van der Waals surface area contributed by atoms with E-state index in [1.165, 1.54) is 6.20 Å². The van der Waals surface area contributed by atoms with Crippen molar-refractivity contribution in [2.45, 2.75) is 25.6 Å². The van der Waals surface area contributed by atoms with Crippen LogP contribution in [0.1, 0.15) is 39.1 Å². The average Bonchev–Trinajstić information content (AvgIpc) is 2.98. The summed E-state index contributed by atoms with van der Waals surface area (Å²) in [6.07, 6.45) is 3.08. The number of rotatable bonds is 9. The molecule has 0 unspecified atom stereocenters. The van der Waals surface area contributed by atoms with Crippen molar-refractivity contribution >= 4 is 59.7 Å². The van der Waals surface area contributed by atoms with Crippen LogP contribution in [0, 0.1) is 0 Å². The Balaban J connectivity index is 0.00000242. The van der Waals surface area contributed by atoms with Gasteiger partial charge in [-0.3, -0.25) is 9.59 Å². The Morgan fingerprint density at radius 2 is 1.57 bits per heavy atom. The van der Waals surface area contributed by atoms with Crippen LogP contribution in [0.4, 0.5) is 11.5 Å². The van der Waals surface area contributed by atoms with Crippen LogP contribution >= 0.6 is 36.4 Å². The number of ether oxygens (including phenoxy) is 2. The molecular weight excluding hydrogens is 599 g/mol. The fraction of sp³-hybridized carbons (Fsp3) is 0.194. The van der Waals surface area contributed by atoms with E-state index in [4.69, 9.17) is 21.1 Å². The number of carbonyl (C=O) groups excluding carboxylic acids is 2. The number of hydrogen-bond donors (Lipinski definition) is 3. The lowest BCUT2D eigenvalue weighted by Crippen LogP contribution is -2.34. The fourth-order valence-corrected chi connectivity index (χ4v) is 4.44. The smallest absolute Gasteiger partial charge is 0.259 e. The summed E-state index contributed by atoms with van der Waals surface area (Å²) in [6.45, 7) is 2.09. The van der Waals surface area contributed by atoms with Gasteiger partial charge in [-0.25, -0.2) is 4.98 Å². The number of carbonyl (C=O) groups is 2. The van der Waals surface area contributed by atoms with Crippen LogP contribution < -0.4 is 25.4 Å². The van der Waals surface area contributed by atoms with Crippen LogP contribution in [0.2, 0.25) is 5.02 Å². The van der Waals surface area contributed by atoms with Crippen LogP contribution in [0.25, 0.3) is 0 Å². The molecule has 11 heteroatoms. The molecule has 2 heterocycles. The number of benzene rings is 3. The van der Waals surface area contributed by atoms with Crippen molar-refractivity contribution in [3.8, 4) is 11.5 Å². The molecule has 3 N–H and O–H groups in total. The third-order valence-electron chi connectivity index (χ3n) is 6.41. The van der Waals surface area contributed by atoms with E-state index in [2.05, 4.69) is 20.9 Å².